The number of nitrogens with one attached hydrogen (secondary N) is 2. The lowest BCUT2D eigenvalue weighted by Gasteiger charge is -2.11. The topological polar surface area (TPSA) is 87.2 Å². The largest absolute Gasteiger partial charge is 0.573 e. The van der Waals surface area contributed by atoms with Crippen LogP contribution in [0.3, 0.4) is 0 Å². The lowest BCUT2D eigenvalue weighted by Crippen LogP contribution is -2.17. The van der Waals surface area contributed by atoms with Crippen molar-refractivity contribution in [3.63, 3.8) is 0 Å². The van der Waals surface area contributed by atoms with Gasteiger partial charge in [0, 0.05) is 29.3 Å². The first-order valence-electron chi connectivity index (χ1n) is 9.18. The van der Waals surface area contributed by atoms with Crippen LogP contribution in [-0.2, 0) is 6.54 Å². The van der Waals surface area contributed by atoms with Crippen LogP contribution in [0.15, 0.2) is 66.9 Å². The Morgan fingerprint density at radius 1 is 1.10 bits per heavy atom. The third-order valence-corrected chi connectivity index (χ3v) is 4.57. The number of benzene rings is 2. The van der Waals surface area contributed by atoms with Gasteiger partial charge < -0.3 is 20.1 Å². The van der Waals surface area contributed by atoms with Crippen LogP contribution in [-0.4, -0.2) is 27.4 Å². The number of hydrogen-bond acceptors (Lipinski definition) is 4. The summed E-state index contributed by atoms with van der Waals surface area (Å²) in [6.45, 7) is 0.260. The summed E-state index contributed by atoms with van der Waals surface area (Å²) in [4.78, 5) is 18.5. The SMILES string of the molecule is O=C(O)c1cc2cccc(-c3ccc(NCc4cccc(OC(F)(F)F)c4)nc3)c2[nH]1. The van der Waals surface area contributed by atoms with Gasteiger partial charge in [0.25, 0.3) is 0 Å². The van der Waals surface area contributed by atoms with Gasteiger partial charge in [-0.25, -0.2) is 9.78 Å². The van der Waals surface area contributed by atoms with Crippen LogP contribution >= 0.6 is 0 Å². The minimum atomic E-state index is -4.74. The number of carbonyl (C=O) groups is 1. The fourth-order valence-electron chi connectivity index (χ4n) is 3.21. The Bertz CT molecular complexity index is 1230. The van der Waals surface area contributed by atoms with Crippen LogP contribution in [0.1, 0.15) is 16.1 Å². The van der Waals surface area contributed by atoms with E-state index in [1.165, 1.54) is 18.2 Å². The maximum Gasteiger partial charge on any atom is 0.573 e. The number of ether oxygens (including phenoxy) is 1. The Morgan fingerprint density at radius 2 is 1.90 bits per heavy atom. The van der Waals surface area contributed by atoms with Gasteiger partial charge >= 0.3 is 12.3 Å². The number of carboxylic acid groups (broad SMARTS) is 1. The van der Waals surface area contributed by atoms with E-state index in [4.69, 9.17) is 0 Å². The minimum Gasteiger partial charge on any atom is -0.477 e. The standard InChI is InChI=1S/C22H16F3N3O3/c23-22(24,25)31-16-5-1-3-13(9-16)11-26-19-8-7-15(12-27-19)17-6-2-4-14-10-18(21(29)30)28-20(14)17/h1-10,12,28H,11H2,(H,26,27)(H,29,30). The van der Waals surface area contributed by atoms with Crippen LogP contribution < -0.4 is 10.1 Å². The Morgan fingerprint density at radius 3 is 2.61 bits per heavy atom. The average Bonchev–Trinajstić information content (AvgIpc) is 3.17. The molecule has 6 nitrogen and oxygen atoms in total. The molecule has 0 aliphatic carbocycles. The lowest BCUT2D eigenvalue weighted by molar-refractivity contribution is -0.274. The van der Waals surface area contributed by atoms with Crippen molar-refractivity contribution in [2.75, 3.05) is 5.32 Å². The zero-order valence-corrected chi connectivity index (χ0v) is 15.9. The Balaban J connectivity index is 1.49. The maximum absolute atomic E-state index is 12.4. The van der Waals surface area contributed by atoms with Gasteiger partial charge in [0.1, 0.15) is 17.3 Å². The number of nitrogens with zero attached hydrogens (tertiary/aromatic N) is 1. The van der Waals surface area contributed by atoms with E-state index in [9.17, 15) is 23.1 Å². The molecule has 4 aromatic rings. The molecular formula is C22H16F3N3O3. The minimum absolute atomic E-state index is 0.102. The van der Waals surface area contributed by atoms with Crippen LogP contribution in [0, 0.1) is 0 Å². The molecule has 2 heterocycles. The molecule has 0 aliphatic rings. The van der Waals surface area contributed by atoms with Gasteiger partial charge in [-0.15, -0.1) is 13.2 Å². The van der Waals surface area contributed by atoms with Crippen molar-refractivity contribution in [1.29, 1.82) is 0 Å². The lowest BCUT2D eigenvalue weighted by atomic mass is 10.1. The van der Waals surface area contributed by atoms with Crippen molar-refractivity contribution in [3.8, 4) is 16.9 Å². The van der Waals surface area contributed by atoms with Crippen molar-refractivity contribution >= 4 is 22.7 Å². The number of fused-ring (bicyclic) bond motifs is 1. The Labute approximate surface area is 174 Å². The van der Waals surface area contributed by atoms with E-state index in [1.54, 1.807) is 24.4 Å². The molecule has 2 aromatic heterocycles. The predicted molar refractivity (Wildman–Crippen MR) is 109 cm³/mol. The highest BCUT2D eigenvalue weighted by Crippen LogP contribution is 2.29. The number of para-hydroxylation sites is 1. The number of alkyl halides is 3. The molecule has 2 aromatic carbocycles. The van der Waals surface area contributed by atoms with Crippen molar-refractivity contribution in [3.05, 3.63) is 78.1 Å². The molecule has 0 bridgehead atoms. The zero-order chi connectivity index (χ0) is 22.0. The van der Waals surface area contributed by atoms with Gasteiger partial charge in [-0.05, 0) is 35.9 Å². The quantitative estimate of drug-likeness (QED) is 0.382. The zero-order valence-electron chi connectivity index (χ0n) is 15.9. The molecule has 0 radical (unpaired) electrons. The van der Waals surface area contributed by atoms with Crippen LogP contribution in [0.2, 0.25) is 0 Å². The normalized spacial score (nSPS) is 11.5. The molecule has 4 rings (SSSR count). The number of aromatic carboxylic acids is 1. The molecule has 0 saturated heterocycles. The van der Waals surface area contributed by atoms with Crippen molar-refractivity contribution in [1.82, 2.24) is 9.97 Å². The van der Waals surface area contributed by atoms with E-state index in [2.05, 4.69) is 20.0 Å². The summed E-state index contributed by atoms with van der Waals surface area (Å²) in [6.07, 6.45) is -3.10. The number of pyridine rings is 1. The van der Waals surface area contributed by atoms with Gasteiger partial charge in [-0.2, -0.15) is 0 Å². The van der Waals surface area contributed by atoms with Gasteiger partial charge in [0.05, 0.1) is 5.52 Å². The van der Waals surface area contributed by atoms with E-state index in [0.717, 1.165) is 16.5 Å². The van der Waals surface area contributed by atoms with Gasteiger partial charge in [-0.1, -0.05) is 30.3 Å². The van der Waals surface area contributed by atoms with Crippen LogP contribution in [0.25, 0.3) is 22.0 Å². The summed E-state index contributed by atoms with van der Waals surface area (Å²) < 4.78 is 41.0. The van der Waals surface area contributed by atoms with E-state index in [1.807, 2.05) is 24.3 Å². The number of halogens is 3. The molecular weight excluding hydrogens is 411 g/mol. The first-order valence-corrected chi connectivity index (χ1v) is 9.18. The molecule has 31 heavy (non-hydrogen) atoms. The summed E-state index contributed by atoms with van der Waals surface area (Å²) >= 11 is 0. The van der Waals surface area contributed by atoms with Gasteiger partial charge in [-0.3, -0.25) is 0 Å². The molecule has 0 aliphatic heterocycles. The number of rotatable bonds is 6. The molecule has 0 spiro atoms. The highest BCUT2D eigenvalue weighted by molar-refractivity contribution is 5.99. The summed E-state index contributed by atoms with van der Waals surface area (Å²) in [5.41, 5.74) is 3.00. The van der Waals surface area contributed by atoms with E-state index >= 15 is 0 Å². The highest BCUT2D eigenvalue weighted by atomic mass is 19.4. The Hall–Kier alpha value is -4.01. The van der Waals surface area contributed by atoms with Gasteiger partial charge in [0.15, 0.2) is 0 Å². The molecule has 0 amide bonds. The third kappa shape index (κ3) is 4.77. The molecule has 158 valence electrons. The van der Waals surface area contributed by atoms with Crippen LogP contribution in [0.4, 0.5) is 19.0 Å². The monoisotopic (exact) mass is 427 g/mol. The molecule has 0 saturated carbocycles. The van der Waals surface area contributed by atoms with E-state index in [0.29, 0.717) is 16.9 Å². The van der Waals surface area contributed by atoms with Crippen molar-refractivity contribution < 1.29 is 27.8 Å². The van der Waals surface area contributed by atoms with Crippen molar-refractivity contribution in [2.24, 2.45) is 0 Å². The van der Waals surface area contributed by atoms with Crippen molar-refractivity contribution in [2.45, 2.75) is 12.9 Å². The van der Waals surface area contributed by atoms with E-state index in [-0.39, 0.29) is 18.0 Å². The second kappa shape index (κ2) is 8.02. The predicted octanol–water partition coefficient (Wildman–Crippen LogP) is 5.44. The number of aromatic nitrogens is 2. The number of hydrogen-bond donors (Lipinski definition) is 3. The number of aromatic amines is 1. The molecule has 0 atom stereocenters. The summed E-state index contributed by atoms with van der Waals surface area (Å²) in [5.74, 6) is -0.782. The summed E-state index contributed by atoms with van der Waals surface area (Å²) in [6, 6.07) is 16.4. The fourth-order valence-corrected chi connectivity index (χ4v) is 3.21. The first-order chi connectivity index (χ1) is 14.8. The maximum atomic E-state index is 12.4. The highest BCUT2D eigenvalue weighted by Gasteiger charge is 2.31. The second-order valence-corrected chi connectivity index (χ2v) is 6.74. The average molecular weight is 427 g/mol. The molecule has 0 unspecified atom stereocenters. The molecule has 0 fully saturated rings. The molecule has 9 heteroatoms. The van der Waals surface area contributed by atoms with Crippen LogP contribution in [0.5, 0.6) is 5.75 Å². The smallest absolute Gasteiger partial charge is 0.477 e. The molecule has 3 N–H and O–H groups in total. The number of anilines is 1. The summed E-state index contributed by atoms with van der Waals surface area (Å²) in [5, 5.41) is 13.0. The Kier molecular flexibility index (Phi) is 5.24. The fraction of sp³-hybridized carbons (Fsp3) is 0.0909. The van der Waals surface area contributed by atoms with Gasteiger partial charge in [0.2, 0.25) is 0 Å². The number of H-pyrrole nitrogens is 1. The number of carboxylic acids is 1. The summed E-state index contributed by atoms with van der Waals surface area (Å²) in [7, 11) is 0. The second-order valence-electron chi connectivity index (χ2n) is 6.74. The first kappa shape index (κ1) is 20.3. The van der Waals surface area contributed by atoms with E-state index < -0.39 is 12.3 Å². The third-order valence-electron chi connectivity index (χ3n) is 4.57.